The molecule has 0 aliphatic heterocycles. The van der Waals surface area contributed by atoms with Crippen LogP contribution in [-0.4, -0.2) is 42.5 Å². The molecule has 0 saturated heterocycles. The van der Waals surface area contributed by atoms with Crippen molar-refractivity contribution in [3.8, 4) is 11.4 Å². The Morgan fingerprint density at radius 2 is 1.74 bits per heavy atom. The third-order valence-corrected chi connectivity index (χ3v) is 7.03. The van der Waals surface area contributed by atoms with E-state index in [1.54, 1.807) is 18.2 Å². The number of sulfonamides is 1. The lowest BCUT2D eigenvalue weighted by Gasteiger charge is -2.20. The fourth-order valence-corrected chi connectivity index (χ4v) is 4.80. The summed E-state index contributed by atoms with van der Waals surface area (Å²) in [7, 11) is -3.56. The van der Waals surface area contributed by atoms with Crippen LogP contribution in [0.5, 0.6) is 0 Å². The molecule has 2 N–H and O–H groups in total. The van der Waals surface area contributed by atoms with Gasteiger partial charge < -0.3 is 15.2 Å². The summed E-state index contributed by atoms with van der Waals surface area (Å²) in [6.45, 7) is 9.44. The van der Waals surface area contributed by atoms with Gasteiger partial charge in [-0.25, -0.2) is 8.42 Å². The summed E-state index contributed by atoms with van der Waals surface area (Å²) in [6.07, 6.45) is 0. The number of aromatic nitrogens is 2. The Morgan fingerprint density at radius 3 is 2.42 bits per heavy atom. The van der Waals surface area contributed by atoms with Gasteiger partial charge in [0.25, 0.3) is 0 Å². The van der Waals surface area contributed by atoms with Crippen molar-refractivity contribution in [2.45, 2.75) is 39.1 Å². The lowest BCUT2D eigenvalue weighted by Crippen LogP contribution is -2.30. The standard InChI is InChI=1S/C22H29N5O3S/c1-5-23-19-13-12-17(31(28,29)27(6-2)7-3)14-20(19)24-15-21-25-22(26-30-21)18-11-9-8-10-16(18)4/h8-14,23-24H,5-7,15H2,1-4H3. The van der Waals surface area contributed by atoms with Crippen molar-refractivity contribution in [3.05, 3.63) is 53.9 Å². The zero-order valence-corrected chi connectivity index (χ0v) is 19.2. The molecule has 166 valence electrons. The van der Waals surface area contributed by atoms with Crippen molar-refractivity contribution in [1.29, 1.82) is 0 Å². The van der Waals surface area contributed by atoms with Crippen LogP contribution >= 0.6 is 0 Å². The van der Waals surface area contributed by atoms with Crippen LogP contribution in [0.1, 0.15) is 32.2 Å². The number of hydrogen-bond donors (Lipinski definition) is 2. The Kier molecular flexibility index (Phi) is 7.29. The van der Waals surface area contributed by atoms with E-state index in [9.17, 15) is 8.42 Å². The van der Waals surface area contributed by atoms with E-state index < -0.39 is 10.0 Å². The van der Waals surface area contributed by atoms with Gasteiger partial charge in [0.15, 0.2) is 0 Å². The highest BCUT2D eigenvalue weighted by Gasteiger charge is 2.22. The molecular weight excluding hydrogens is 414 g/mol. The van der Waals surface area contributed by atoms with Gasteiger partial charge in [-0.3, -0.25) is 0 Å². The molecule has 0 aliphatic carbocycles. The molecule has 0 atom stereocenters. The molecule has 0 bridgehead atoms. The number of aryl methyl sites for hydroxylation is 1. The first-order chi connectivity index (χ1) is 14.9. The number of nitrogens with zero attached hydrogens (tertiary/aromatic N) is 3. The van der Waals surface area contributed by atoms with E-state index in [1.807, 2.05) is 52.0 Å². The first-order valence-electron chi connectivity index (χ1n) is 10.4. The molecule has 3 aromatic rings. The third kappa shape index (κ3) is 5.05. The molecule has 0 radical (unpaired) electrons. The minimum atomic E-state index is -3.56. The molecule has 3 rings (SSSR count). The summed E-state index contributed by atoms with van der Waals surface area (Å²) < 4.78 is 32.7. The summed E-state index contributed by atoms with van der Waals surface area (Å²) in [5, 5.41) is 10.6. The van der Waals surface area contributed by atoms with Crippen molar-refractivity contribution in [3.63, 3.8) is 0 Å². The molecule has 8 nitrogen and oxygen atoms in total. The van der Waals surface area contributed by atoms with Gasteiger partial charge in [0, 0.05) is 25.2 Å². The van der Waals surface area contributed by atoms with E-state index >= 15 is 0 Å². The fourth-order valence-electron chi connectivity index (χ4n) is 3.32. The zero-order valence-electron chi connectivity index (χ0n) is 18.3. The van der Waals surface area contributed by atoms with Crippen LogP contribution in [-0.2, 0) is 16.6 Å². The SMILES string of the molecule is CCNc1ccc(S(=O)(=O)N(CC)CC)cc1NCc1nc(-c2ccccc2C)no1. The number of nitrogens with one attached hydrogen (secondary N) is 2. The van der Waals surface area contributed by atoms with E-state index in [0.29, 0.717) is 37.0 Å². The number of anilines is 2. The molecule has 0 unspecified atom stereocenters. The van der Waals surface area contributed by atoms with E-state index in [0.717, 1.165) is 16.8 Å². The van der Waals surface area contributed by atoms with Gasteiger partial charge >= 0.3 is 0 Å². The summed E-state index contributed by atoms with van der Waals surface area (Å²) >= 11 is 0. The average Bonchev–Trinajstić information content (AvgIpc) is 3.23. The van der Waals surface area contributed by atoms with E-state index in [1.165, 1.54) is 4.31 Å². The first-order valence-corrected chi connectivity index (χ1v) is 11.8. The van der Waals surface area contributed by atoms with Crippen LogP contribution < -0.4 is 10.6 Å². The molecule has 0 aliphatic rings. The maximum absolute atomic E-state index is 12.9. The minimum Gasteiger partial charge on any atom is -0.384 e. The number of hydrogen-bond acceptors (Lipinski definition) is 7. The third-order valence-electron chi connectivity index (χ3n) is 4.99. The predicted octanol–water partition coefficient (Wildman–Crippen LogP) is 4.12. The maximum atomic E-state index is 12.9. The monoisotopic (exact) mass is 443 g/mol. The maximum Gasteiger partial charge on any atom is 0.246 e. The first kappa shape index (κ1) is 22.8. The van der Waals surface area contributed by atoms with E-state index in [-0.39, 0.29) is 11.4 Å². The molecule has 0 amide bonds. The lowest BCUT2D eigenvalue weighted by molar-refractivity contribution is 0.384. The average molecular weight is 444 g/mol. The summed E-state index contributed by atoms with van der Waals surface area (Å²) in [5.74, 6) is 0.942. The van der Waals surface area contributed by atoms with Crippen LogP contribution in [0.3, 0.4) is 0 Å². The van der Waals surface area contributed by atoms with Gasteiger partial charge in [-0.1, -0.05) is 43.3 Å². The highest BCUT2D eigenvalue weighted by atomic mass is 32.2. The Morgan fingerprint density at radius 1 is 1.00 bits per heavy atom. The minimum absolute atomic E-state index is 0.242. The van der Waals surface area contributed by atoms with Gasteiger partial charge in [0.05, 0.1) is 22.8 Å². The normalized spacial score (nSPS) is 11.6. The van der Waals surface area contributed by atoms with Crippen LogP contribution in [0.25, 0.3) is 11.4 Å². The van der Waals surface area contributed by atoms with Crippen LogP contribution in [0.2, 0.25) is 0 Å². The largest absolute Gasteiger partial charge is 0.384 e. The Labute approximate surface area is 183 Å². The van der Waals surface area contributed by atoms with Crippen LogP contribution in [0, 0.1) is 6.92 Å². The van der Waals surface area contributed by atoms with Crippen molar-refractivity contribution >= 4 is 21.4 Å². The molecule has 1 heterocycles. The lowest BCUT2D eigenvalue weighted by atomic mass is 10.1. The van der Waals surface area contributed by atoms with E-state index in [2.05, 4.69) is 20.8 Å². The van der Waals surface area contributed by atoms with Gasteiger partial charge in [-0.15, -0.1) is 0 Å². The molecule has 9 heteroatoms. The molecule has 31 heavy (non-hydrogen) atoms. The van der Waals surface area contributed by atoms with E-state index in [4.69, 9.17) is 4.52 Å². The highest BCUT2D eigenvalue weighted by molar-refractivity contribution is 7.89. The topological polar surface area (TPSA) is 100 Å². The Balaban J connectivity index is 1.84. The highest BCUT2D eigenvalue weighted by Crippen LogP contribution is 2.28. The van der Waals surface area contributed by atoms with Crippen LogP contribution in [0.15, 0.2) is 51.9 Å². The summed E-state index contributed by atoms with van der Waals surface area (Å²) in [6, 6.07) is 12.9. The van der Waals surface area contributed by atoms with Gasteiger partial charge in [-0.05, 0) is 37.6 Å². The molecular formula is C22H29N5O3S. The Bertz CT molecular complexity index is 1120. The van der Waals surface area contributed by atoms with Gasteiger partial charge in [-0.2, -0.15) is 9.29 Å². The molecule has 1 aromatic heterocycles. The predicted molar refractivity (Wildman–Crippen MR) is 123 cm³/mol. The van der Waals surface area contributed by atoms with Gasteiger partial charge in [0.1, 0.15) is 0 Å². The smallest absolute Gasteiger partial charge is 0.246 e. The second-order valence-electron chi connectivity index (χ2n) is 7.01. The molecule has 2 aromatic carbocycles. The summed E-state index contributed by atoms with van der Waals surface area (Å²) in [5.41, 5.74) is 3.44. The molecule has 0 fully saturated rings. The fraction of sp³-hybridized carbons (Fsp3) is 0.364. The second kappa shape index (κ2) is 9.93. The Hall–Kier alpha value is -2.91. The summed E-state index contributed by atoms with van der Waals surface area (Å²) in [4.78, 5) is 4.71. The number of rotatable bonds is 10. The molecule has 0 spiro atoms. The van der Waals surface area contributed by atoms with Gasteiger partial charge in [0.2, 0.25) is 21.7 Å². The van der Waals surface area contributed by atoms with Crippen molar-refractivity contribution in [2.24, 2.45) is 0 Å². The van der Waals surface area contributed by atoms with Crippen molar-refractivity contribution in [1.82, 2.24) is 14.4 Å². The van der Waals surface area contributed by atoms with Crippen molar-refractivity contribution in [2.75, 3.05) is 30.3 Å². The zero-order chi connectivity index (χ0) is 22.4. The molecule has 0 saturated carbocycles. The van der Waals surface area contributed by atoms with Crippen molar-refractivity contribution < 1.29 is 12.9 Å². The van der Waals surface area contributed by atoms with Crippen LogP contribution in [0.4, 0.5) is 11.4 Å². The second-order valence-corrected chi connectivity index (χ2v) is 8.95. The quantitative estimate of drug-likeness (QED) is 0.486. The number of benzene rings is 2.